The van der Waals surface area contributed by atoms with Crippen molar-refractivity contribution in [3.05, 3.63) is 54.1 Å². The van der Waals surface area contributed by atoms with Gasteiger partial charge in [-0.25, -0.2) is 4.79 Å². The molecule has 2 aromatic carbocycles. The molecule has 0 unspecified atom stereocenters. The zero-order valence-electron chi connectivity index (χ0n) is 14.7. The Kier molecular flexibility index (Phi) is 6.39. The van der Waals surface area contributed by atoms with E-state index in [4.69, 9.17) is 4.74 Å². The van der Waals surface area contributed by atoms with Crippen molar-refractivity contribution in [2.45, 2.75) is 13.8 Å². The summed E-state index contributed by atoms with van der Waals surface area (Å²) in [5.41, 5.74) is 2.43. The molecule has 0 radical (unpaired) electrons. The van der Waals surface area contributed by atoms with E-state index in [1.54, 1.807) is 24.1 Å². The average molecular weight is 341 g/mol. The molecule has 2 rings (SSSR count). The third-order valence-electron chi connectivity index (χ3n) is 3.66. The van der Waals surface area contributed by atoms with Gasteiger partial charge >= 0.3 is 6.03 Å². The van der Waals surface area contributed by atoms with E-state index in [1.165, 1.54) is 6.92 Å². The number of carbonyl (C=O) groups excluding carboxylic acids is 2. The molecule has 0 aromatic heterocycles. The van der Waals surface area contributed by atoms with E-state index in [0.717, 1.165) is 5.56 Å². The van der Waals surface area contributed by atoms with E-state index >= 15 is 0 Å². The third kappa shape index (κ3) is 5.24. The molecule has 6 nitrogen and oxygen atoms in total. The fourth-order valence-corrected chi connectivity index (χ4v) is 2.44. The Bertz CT molecular complexity index is 732. The van der Waals surface area contributed by atoms with Crippen LogP contribution in [0.4, 0.5) is 16.2 Å². The van der Waals surface area contributed by atoms with Gasteiger partial charge < -0.3 is 20.3 Å². The number of para-hydroxylation sites is 1. The van der Waals surface area contributed by atoms with Crippen LogP contribution in [0.25, 0.3) is 0 Å². The van der Waals surface area contributed by atoms with E-state index < -0.39 is 0 Å². The van der Waals surface area contributed by atoms with Gasteiger partial charge in [-0.3, -0.25) is 4.79 Å². The zero-order chi connectivity index (χ0) is 18.2. The highest BCUT2D eigenvalue weighted by Gasteiger charge is 2.16. The maximum Gasteiger partial charge on any atom is 0.319 e. The lowest BCUT2D eigenvalue weighted by molar-refractivity contribution is -0.116. The number of rotatable bonds is 6. The molecule has 0 heterocycles. The molecule has 0 aliphatic carbocycles. The Morgan fingerprint density at radius 2 is 1.84 bits per heavy atom. The molecule has 6 heteroatoms. The number of nitrogens with one attached hydrogen (secondary N) is 2. The number of carbonyl (C=O) groups is 2. The summed E-state index contributed by atoms with van der Waals surface area (Å²) < 4.78 is 5.34. The molecule has 0 aliphatic rings. The maximum atomic E-state index is 12.0. The quantitative estimate of drug-likeness (QED) is 0.848. The van der Waals surface area contributed by atoms with E-state index in [1.807, 2.05) is 43.3 Å². The van der Waals surface area contributed by atoms with Crippen molar-refractivity contribution in [1.29, 1.82) is 0 Å². The van der Waals surface area contributed by atoms with Crippen molar-refractivity contribution in [2.24, 2.45) is 0 Å². The van der Waals surface area contributed by atoms with Crippen molar-refractivity contribution < 1.29 is 14.3 Å². The summed E-state index contributed by atoms with van der Waals surface area (Å²) in [4.78, 5) is 25.6. The maximum absolute atomic E-state index is 12.0. The van der Waals surface area contributed by atoms with Crippen LogP contribution in [0.3, 0.4) is 0 Å². The number of aryl methyl sites for hydroxylation is 1. The van der Waals surface area contributed by atoms with E-state index in [2.05, 4.69) is 10.6 Å². The van der Waals surface area contributed by atoms with Gasteiger partial charge in [0.2, 0.25) is 5.91 Å². The number of urea groups is 1. The Balaban J connectivity index is 1.97. The van der Waals surface area contributed by atoms with Gasteiger partial charge in [0.25, 0.3) is 0 Å². The van der Waals surface area contributed by atoms with Gasteiger partial charge in [0.15, 0.2) is 0 Å². The lowest BCUT2D eigenvalue weighted by Crippen LogP contribution is -2.39. The van der Waals surface area contributed by atoms with Crippen LogP contribution in [-0.4, -0.2) is 32.1 Å². The number of hydrogen-bond donors (Lipinski definition) is 2. The Hall–Kier alpha value is -3.02. The summed E-state index contributed by atoms with van der Waals surface area (Å²) in [6.07, 6.45) is 0. The number of hydrogen-bond acceptors (Lipinski definition) is 3. The molecular weight excluding hydrogens is 318 g/mol. The largest absolute Gasteiger partial charge is 0.495 e. The SMILES string of the molecule is COc1ccc(C)cc1N(CCNC(=O)Nc1ccccc1)C(C)=O. The van der Waals surface area contributed by atoms with Crippen LogP contribution in [0.15, 0.2) is 48.5 Å². The number of nitrogens with zero attached hydrogens (tertiary/aromatic N) is 1. The monoisotopic (exact) mass is 341 g/mol. The molecule has 25 heavy (non-hydrogen) atoms. The smallest absolute Gasteiger partial charge is 0.319 e. The summed E-state index contributed by atoms with van der Waals surface area (Å²) >= 11 is 0. The fourth-order valence-electron chi connectivity index (χ4n) is 2.44. The van der Waals surface area contributed by atoms with Gasteiger partial charge in [0.1, 0.15) is 5.75 Å². The van der Waals surface area contributed by atoms with E-state index in [0.29, 0.717) is 30.2 Å². The van der Waals surface area contributed by atoms with E-state index in [-0.39, 0.29) is 11.9 Å². The topological polar surface area (TPSA) is 70.7 Å². The molecule has 0 spiro atoms. The Morgan fingerprint density at radius 1 is 1.12 bits per heavy atom. The van der Waals surface area contributed by atoms with Crippen LogP contribution >= 0.6 is 0 Å². The van der Waals surface area contributed by atoms with Crippen molar-refractivity contribution in [2.75, 3.05) is 30.4 Å². The average Bonchev–Trinajstić information content (AvgIpc) is 2.59. The van der Waals surface area contributed by atoms with Crippen molar-refractivity contribution in [1.82, 2.24) is 5.32 Å². The second kappa shape index (κ2) is 8.73. The summed E-state index contributed by atoms with van der Waals surface area (Å²) in [6.45, 7) is 4.10. The molecule has 0 saturated heterocycles. The van der Waals surface area contributed by atoms with Crippen LogP contribution in [0.1, 0.15) is 12.5 Å². The third-order valence-corrected chi connectivity index (χ3v) is 3.66. The van der Waals surface area contributed by atoms with Gasteiger partial charge in [-0.2, -0.15) is 0 Å². The van der Waals surface area contributed by atoms with Crippen LogP contribution in [-0.2, 0) is 4.79 Å². The van der Waals surface area contributed by atoms with E-state index in [9.17, 15) is 9.59 Å². The molecule has 0 saturated carbocycles. The number of benzene rings is 2. The molecule has 132 valence electrons. The van der Waals surface area contributed by atoms with Crippen LogP contribution in [0.2, 0.25) is 0 Å². The first-order chi connectivity index (χ1) is 12.0. The number of methoxy groups -OCH3 is 1. The minimum absolute atomic E-state index is 0.117. The summed E-state index contributed by atoms with van der Waals surface area (Å²) in [6, 6.07) is 14.5. The first-order valence-corrected chi connectivity index (χ1v) is 8.04. The molecule has 0 aliphatic heterocycles. The number of amides is 3. The van der Waals surface area contributed by atoms with Crippen molar-refractivity contribution in [3.8, 4) is 5.75 Å². The molecule has 3 amide bonds. The highest BCUT2D eigenvalue weighted by Crippen LogP contribution is 2.29. The predicted molar refractivity (Wildman–Crippen MR) is 99.2 cm³/mol. The summed E-state index contributed by atoms with van der Waals surface area (Å²) in [5, 5.41) is 5.49. The van der Waals surface area contributed by atoms with Gasteiger partial charge in [0, 0.05) is 25.7 Å². The van der Waals surface area contributed by atoms with Crippen LogP contribution < -0.4 is 20.3 Å². The van der Waals surface area contributed by atoms with Gasteiger partial charge in [-0.05, 0) is 36.8 Å². The molecule has 0 atom stereocenters. The second-order valence-corrected chi connectivity index (χ2v) is 5.59. The van der Waals surface area contributed by atoms with Crippen molar-refractivity contribution in [3.63, 3.8) is 0 Å². The summed E-state index contributed by atoms with van der Waals surface area (Å²) in [7, 11) is 1.57. The standard InChI is InChI=1S/C19H23N3O3/c1-14-9-10-18(25-3)17(13-14)22(15(2)23)12-11-20-19(24)21-16-7-5-4-6-8-16/h4-10,13H,11-12H2,1-3H3,(H2,20,21,24). The minimum atomic E-state index is -0.314. The number of anilines is 2. The van der Waals surface area contributed by atoms with Crippen LogP contribution in [0, 0.1) is 6.92 Å². The summed E-state index contributed by atoms with van der Waals surface area (Å²) in [5.74, 6) is 0.503. The van der Waals surface area contributed by atoms with Crippen LogP contribution in [0.5, 0.6) is 5.75 Å². The Labute approximate surface area is 147 Å². The molecule has 0 fully saturated rings. The van der Waals surface area contributed by atoms with Gasteiger partial charge in [-0.15, -0.1) is 0 Å². The lowest BCUT2D eigenvalue weighted by atomic mass is 10.2. The molecule has 2 aromatic rings. The predicted octanol–water partition coefficient (Wildman–Crippen LogP) is 3.18. The Morgan fingerprint density at radius 3 is 2.48 bits per heavy atom. The molecule has 2 N–H and O–H groups in total. The number of ether oxygens (including phenoxy) is 1. The highest BCUT2D eigenvalue weighted by molar-refractivity contribution is 5.93. The molecular formula is C19H23N3O3. The lowest BCUT2D eigenvalue weighted by Gasteiger charge is -2.24. The zero-order valence-corrected chi connectivity index (χ0v) is 14.7. The van der Waals surface area contributed by atoms with Crippen molar-refractivity contribution >= 4 is 23.3 Å². The molecule has 0 bridgehead atoms. The highest BCUT2D eigenvalue weighted by atomic mass is 16.5. The van der Waals surface area contributed by atoms with Gasteiger partial charge in [0.05, 0.1) is 12.8 Å². The first kappa shape index (κ1) is 18.3. The first-order valence-electron chi connectivity index (χ1n) is 8.04. The minimum Gasteiger partial charge on any atom is -0.495 e. The second-order valence-electron chi connectivity index (χ2n) is 5.59. The van der Waals surface area contributed by atoms with Gasteiger partial charge in [-0.1, -0.05) is 24.3 Å². The normalized spacial score (nSPS) is 10.0. The fraction of sp³-hybridized carbons (Fsp3) is 0.263.